The number of nitro benzene ring substituents is 1. The fourth-order valence-electron chi connectivity index (χ4n) is 2.18. The molecule has 1 aliphatic rings. The largest absolute Gasteiger partial charge is 0.459 e. The third-order valence-corrected chi connectivity index (χ3v) is 5.39. The Morgan fingerprint density at radius 1 is 1.36 bits per heavy atom. The molecule has 2 rings (SSSR count). The summed E-state index contributed by atoms with van der Waals surface area (Å²) in [7, 11) is 0. The van der Waals surface area contributed by atoms with E-state index in [1.54, 1.807) is 12.1 Å². The van der Waals surface area contributed by atoms with Crippen LogP contribution in [0.5, 0.6) is 0 Å². The van der Waals surface area contributed by atoms with Crippen molar-refractivity contribution in [2.75, 3.05) is 37.7 Å². The van der Waals surface area contributed by atoms with Crippen LogP contribution in [0.2, 0.25) is 0 Å². The zero-order valence-electron chi connectivity index (χ0n) is 12.0. The quantitative estimate of drug-likeness (QED) is 0.342. The van der Waals surface area contributed by atoms with E-state index in [2.05, 4.69) is 15.9 Å². The van der Waals surface area contributed by atoms with E-state index in [4.69, 9.17) is 4.74 Å². The van der Waals surface area contributed by atoms with Crippen molar-refractivity contribution in [2.45, 2.75) is 4.83 Å². The summed E-state index contributed by atoms with van der Waals surface area (Å²) in [4.78, 5) is 23.0. The molecule has 0 bridgehead atoms. The van der Waals surface area contributed by atoms with E-state index in [-0.39, 0.29) is 11.7 Å². The Bertz CT molecular complexity index is 520. The normalized spacial score (nSPS) is 17.0. The lowest BCUT2D eigenvalue weighted by molar-refractivity contribution is -0.896. The van der Waals surface area contributed by atoms with Gasteiger partial charge in [0.1, 0.15) is 18.0 Å². The van der Waals surface area contributed by atoms with Crippen LogP contribution in [0.1, 0.15) is 10.4 Å². The van der Waals surface area contributed by atoms with Crippen molar-refractivity contribution in [1.82, 2.24) is 0 Å². The van der Waals surface area contributed by atoms with Gasteiger partial charge in [0.2, 0.25) is 0 Å². The van der Waals surface area contributed by atoms with Gasteiger partial charge < -0.3 is 9.64 Å². The number of halogens is 1. The predicted octanol–water partition coefficient (Wildman–Crippen LogP) is 1.21. The van der Waals surface area contributed by atoms with Gasteiger partial charge in [0.15, 0.2) is 0 Å². The number of quaternary nitrogens is 1. The molecule has 1 aromatic rings. The first kappa shape index (κ1) is 17.2. The number of non-ortho nitro benzene ring substituents is 1. The highest BCUT2D eigenvalue weighted by atomic mass is 79.9. The minimum atomic E-state index is -0.597. The molecule has 0 radical (unpaired) electrons. The molecule has 0 aliphatic carbocycles. The van der Waals surface area contributed by atoms with Crippen molar-refractivity contribution in [1.29, 1.82) is 0 Å². The molecule has 6 nitrogen and oxygen atoms in total. The third kappa shape index (κ3) is 4.96. The molecule has 0 saturated carbocycles. The van der Waals surface area contributed by atoms with Gasteiger partial charge in [-0.15, -0.1) is 0 Å². The van der Waals surface area contributed by atoms with Crippen LogP contribution < -0.4 is 4.90 Å². The highest BCUT2D eigenvalue weighted by Crippen LogP contribution is 2.25. The van der Waals surface area contributed by atoms with Crippen LogP contribution in [-0.4, -0.2) is 48.6 Å². The van der Waals surface area contributed by atoms with Crippen molar-refractivity contribution < 1.29 is 19.4 Å². The number of nitro groups is 1. The number of ether oxygens (including phenoxy) is 1. The van der Waals surface area contributed by atoms with Gasteiger partial charge in [0.25, 0.3) is 5.69 Å². The molecule has 0 amide bonds. The number of benzene rings is 1. The van der Waals surface area contributed by atoms with Crippen molar-refractivity contribution in [3.63, 3.8) is 0 Å². The van der Waals surface area contributed by atoms with Gasteiger partial charge in [0, 0.05) is 23.6 Å². The Hall–Kier alpha value is -1.12. The van der Waals surface area contributed by atoms with Gasteiger partial charge >= 0.3 is 5.97 Å². The SMILES string of the molecule is O=C(OCC[NH+]1CCSCC1)C(Br)c1ccc([N+](=O)[O-])cc1. The Balaban J connectivity index is 1.79. The fraction of sp³-hybridized carbons (Fsp3) is 0.500. The Labute approximate surface area is 141 Å². The Morgan fingerprint density at radius 3 is 2.59 bits per heavy atom. The highest BCUT2D eigenvalue weighted by Gasteiger charge is 2.21. The van der Waals surface area contributed by atoms with Gasteiger partial charge in [-0.2, -0.15) is 11.8 Å². The molecule has 1 unspecified atom stereocenters. The molecule has 0 aromatic heterocycles. The van der Waals surface area contributed by atoms with Gasteiger partial charge in [-0.05, 0) is 5.56 Å². The molecule has 0 spiro atoms. The molecule has 1 saturated heterocycles. The van der Waals surface area contributed by atoms with E-state index in [9.17, 15) is 14.9 Å². The van der Waals surface area contributed by atoms with Crippen molar-refractivity contribution >= 4 is 39.3 Å². The van der Waals surface area contributed by atoms with E-state index >= 15 is 0 Å². The van der Waals surface area contributed by atoms with Crippen LogP contribution in [0.4, 0.5) is 5.69 Å². The molecular weight excluding hydrogens is 372 g/mol. The van der Waals surface area contributed by atoms with Crippen LogP contribution in [0.15, 0.2) is 24.3 Å². The molecule has 1 aliphatic heterocycles. The lowest BCUT2D eigenvalue weighted by Gasteiger charge is -2.23. The summed E-state index contributed by atoms with van der Waals surface area (Å²) >= 11 is 5.24. The number of alkyl halides is 1. The molecule has 120 valence electrons. The topological polar surface area (TPSA) is 73.9 Å². The first-order valence-corrected chi connectivity index (χ1v) is 9.11. The summed E-state index contributed by atoms with van der Waals surface area (Å²) in [6, 6.07) is 5.89. The molecule has 1 N–H and O–H groups in total. The number of nitrogens with zero attached hydrogens (tertiary/aromatic N) is 1. The maximum atomic E-state index is 12.0. The molecule has 8 heteroatoms. The number of hydrogen-bond donors (Lipinski definition) is 1. The van der Waals surface area contributed by atoms with Crippen molar-refractivity contribution in [3.8, 4) is 0 Å². The zero-order chi connectivity index (χ0) is 15.9. The van der Waals surface area contributed by atoms with Gasteiger partial charge in [-0.3, -0.25) is 14.9 Å². The first-order valence-electron chi connectivity index (χ1n) is 7.04. The van der Waals surface area contributed by atoms with Crippen LogP contribution >= 0.6 is 27.7 Å². The number of nitrogens with one attached hydrogen (secondary N) is 1. The first-order chi connectivity index (χ1) is 10.6. The molecule has 1 heterocycles. The summed E-state index contributed by atoms with van der Waals surface area (Å²) in [6.07, 6.45) is 0. The van der Waals surface area contributed by atoms with E-state index in [1.165, 1.54) is 17.0 Å². The Kier molecular flexibility index (Phi) is 6.66. The summed E-state index contributed by atoms with van der Waals surface area (Å²) < 4.78 is 5.29. The molecule has 1 aromatic carbocycles. The fourth-order valence-corrected chi connectivity index (χ4v) is 3.69. The van der Waals surface area contributed by atoms with Crippen LogP contribution in [-0.2, 0) is 9.53 Å². The van der Waals surface area contributed by atoms with Gasteiger partial charge in [-0.1, -0.05) is 28.1 Å². The Morgan fingerprint density at radius 2 is 2.00 bits per heavy atom. The van der Waals surface area contributed by atoms with Crippen LogP contribution in [0.25, 0.3) is 0 Å². The van der Waals surface area contributed by atoms with Crippen LogP contribution in [0.3, 0.4) is 0 Å². The van der Waals surface area contributed by atoms with Crippen LogP contribution in [0, 0.1) is 10.1 Å². The summed E-state index contributed by atoms with van der Waals surface area (Å²) in [5, 5.41) is 10.6. The minimum absolute atomic E-state index is 0.00313. The second-order valence-electron chi connectivity index (χ2n) is 4.99. The molecule has 22 heavy (non-hydrogen) atoms. The monoisotopic (exact) mass is 389 g/mol. The lowest BCUT2D eigenvalue weighted by Crippen LogP contribution is -3.14. The number of rotatable bonds is 6. The molecular formula is C14H18BrN2O4S+. The lowest BCUT2D eigenvalue weighted by atomic mass is 10.1. The van der Waals surface area contributed by atoms with E-state index < -0.39 is 9.75 Å². The van der Waals surface area contributed by atoms with Gasteiger partial charge in [-0.25, -0.2) is 0 Å². The van der Waals surface area contributed by atoms with Crippen molar-refractivity contribution in [3.05, 3.63) is 39.9 Å². The number of carbonyl (C=O) groups excluding carboxylic acids is 1. The number of carbonyl (C=O) groups is 1. The molecule has 1 atom stereocenters. The highest BCUT2D eigenvalue weighted by molar-refractivity contribution is 9.09. The number of esters is 1. The van der Waals surface area contributed by atoms with Crippen molar-refractivity contribution in [2.24, 2.45) is 0 Å². The summed E-state index contributed by atoms with van der Waals surface area (Å²) in [5.74, 6) is 1.96. The standard InChI is InChI=1S/C14H17BrN2O4S/c15-13(11-1-3-12(4-2-11)17(19)20)14(18)21-8-5-16-6-9-22-10-7-16/h1-4,13H,5-10H2/p+1. The summed E-state index contributed by atoms with van der Waals surface area (Å²) in [6.45, 7) is 3.45. The molecule has 1 fully saturated rings. The third-order valence-electron chi connectivity index (χ3n) is 3.50. The minimum Gasteiger partial charge on any atom is -0.459 e. The van der Waals surface area contributed by atoms with Gasteiger partial charge in [0.05, 0.1) is 18.0 Å². The van der Waals surface area contributed by atoms with E-state index in [0.29, 0.717) is 12.2 Å². The van der Waals surface area contributed by atoms with E-state index in [1.807, 2.05) is 11.8 Å². The maximum absolute atomic E-state index is 12.0. The summed E-state index contributed by atoms with van der Waals surface area (Å²) in [5.41, 5.74) is 0.653. The second kappa shape index (κ2) is 8.50. The maximum Gasteiger partial charge on any atom is 0.324 e. The predicted molar refractivity (Wildman–Crippen MR) is 88.6 cm³/mol. The average Bonchev–Trinajstić information content (AvgIpc) is 2.55. The number of hydrogen-bond acceptors (Lipinski definition) is 5. The number of thioether (sulfide) groups is 1. The zero-order valence-corrected chi connectivity index (χ0v) is 14.4. The average molecular weight is 390 g/mol. The second-order valence-corrected chi connectivity index (χ2v) is 7.13. The smallest absolute Gasteiger partial charge is 0.324 e. The van der Waals surface area contributed by atoms with E-state index in [0.717, 1.165) is 31.1 Å².